The maximum absolute atomic E-state index is 5.55. The highest BCUT2D eigenvalue weighted by molar-refractivity contribution is 9.10. The van der Waals surface area contributed by atoms with E-state index in [9.17, 15) is 0 Å². The second-order valence-electron chi connectivity index (χ2n) is 15.4. The predicted molar refractivity (Wildman–Crippen MR) is 261 cm³/mol. The van der Waals surface area contributed by atoms with Crippen LogP contribution in [-0.4, -0.2) is 162 Å². The third kappa shape index (κ3) is 25.9. The highest BCUT2D eigenvalue weighted by Gasteiger charge is 2.14. The van der Waals surface area contributed by atoms with Gasteiger partial charge in [-0.1, -0.05) is 20.8 Å². The summed E-state index contributed by atoms with van der Waals surface area (Å²) >= 11 is 3.28. The SMILES string of the molecule is CCCn1nnc(C)n1.CCCn1nnc(C)n1.CCCn1nnc(C)n1.Cc1ccc(Br)cn1.Cc1ncc(N2CCOCC2)cn1.Cc1nnn(C)n1.Cc1nnn(CCOC2CCCCO2)n1. The molecule has 9 rings (SSSR count). The van der Waals surface area contributed by atoms with Crippen LogP contribution in [0.4, 0.5) is 5.69 Å². The molecule has 0 saturated carbocycles. The van der Waals surface area contributed by atoms with Crippen molar-refractivity contribution < 1.29 is 14.2 Å². The molecule has 9 heterocycles. The number of morpholine rings is 1. The van der Waals surface area contributed by atoms with Crippen LogP contribution in [0.25, 0.3) is 0 Å². The third-order valence-corrected chi connectivity index (χ3v) is 9.31. The van der Waals surface area contributed by atoms with Crippen molar-refractivity contribution in [2.24, 2.45) is 7.05 Å². The lowest BCUT2D eigenvalue weighted by atomic mass is 10.2. The van der Waals surface area contributed by atoms with Crippen LogP contribution in [0.1, 0.15) is 99.9 Å². The Morgan fingerprint density at radius 1 is 0.557 bits per heavy atom. The summed E-state index contributed by atoms with van der Waals surface area (Å²) in [6.45, 7) is 27.3. The van der Waals surface area contributed by atoms with Gasteiger partial charge in [0.15, 0.2) is 35.4 Å². The summed E-state index contributed by atoms with van der Waals surface area (Å²) in [5, 5.41) is 57.2. The molecule has 1 atom stereocenters. The van der Waals surface area contributed by atoms with Gasteiger partial charge < -0.3 is 19.1 Å². The molecule has 2 aliphatic heterocycles. The summed E-state index contributed by atoms with van der Waals surface area (Å²) in [6.07, 6.45) is 12.0. The lowest BCUT2D eigenvalue weighted by molar-refractivity contribution is -0.164. The average Bonchev–Trinajstić information content (AvgIpc) is 4.23. The standard InChI is InChI=1S/C9H16N4O2.C9H13N3O.C6H6BrN.3C5H10N4.C3H6N4/c1-8-10-12-13(11-8)5-7-15-9-4-2-3-6-14-9;1-8-10-6-9(7-11-8)12-2-4-13-5-3-12;1-5-2-3-6(7)4-8-5;3*1-3-4-9-7-5(2)6-8-9;1-3-4-6-7(2)5-3/h9H,2-7H2,1H3;6-7H,2-5H2,1H3;2-4H,1H3;3*3-4H2,1-2H3;1-2H3. The van der Waals surface area contributed by atoms with Crippen molar-refractivity contribution in [2.45, 2.75) is 140 Å². The molecule has 2 saturated heterocycles. The lowest BCUT2D eigenvalue weighted by Crippen LogP contribution is -2.36. The minimum Gasteiger partial charge on any atom is -0.378 e. The van der Waals surface area contributed by atoms with Gasteiger partial charge in [0.2, 0.25) is 0 Å². The Kier molecular flexibility index (Phi) is 28.3. The number of ether oxygens (including phenoxy) is 3. The quantitative estimate of drug-likeness (QED) is 0.177. The van der Waals surface area contributed by atoms with Crippen molar-refractivity contribution in [1.82, 2.24) is 116 Å². The number of nitrogens with zero attached hydrogens (tertiary/aromatic N) is 24. The van der Waals surface area contributed by atoms with Crippen molar-refractivity contribution >= 4 is 21.6 Å². The number of aromatic nitrogens is 23. The Balaban J connectivity index is 0.000000219. The molecule has 0 radical (unpaired) electrons. The van der Waals surface area contributed by atoms with Crippen LogP contribution in [0.3, 0.4) is 0 Å². The first kappa shape index (κ1) is 58.1. The second kappa shape index (κ2) is 34.1. The van der Waals surface area contributed by atoms with E-state index in [4.69, 9.17) is 14.2 Å². The molecule has 2 fully saturated rings. The molecule has 1 unspecified atom stereocenters. The molecule has 0 N–H and O–H groups in total. The lowest BCUT2D eigenvalue weighted by Gasteiger charge is -2.28. The van der Waals surface area contributed by atoms with Crippen LogP contribution in [0.2, 0.25) is 0 Å². The summed E-state index contributed by atoms with van der Waals surface area (Å²) in [6, 6.07) is 3.94. The molecular weight excluding hydrogens is 969 g/mol. The summed E-state index contributed by atoms with van der Waals surface area (Å²) < 4.78 is 17.3. The first-order chi connectivity index (χ1) is 33.8. The van der Waals surface area contributed by atoms with Gasteiger partial charge in [0, 0.05) is 36.1 Å². The molecule has 384 valence electrons. The maximum Gasteiger partial charge on any atom is 0.171 e. The number of pyridine rings is 1. The van der Waals surface area contributed by atoms with E-state index in [1.54, 1.807) is 34.6 Å². The van der Waals surface area contributed by atoms with E-state index in [-0.39, 0.29) is 6.29 Å². The largest absolute Gasteiger partial charge is 0.378 e. The number of hydrogen-bond acceptors (Lipinski definition) is 22. The first-order valence-electron chi connectivity index (χ1n) is 23.4. The van der Waals surface area contributed by atoms with Gasteiger partial charge in [0.1, 0.15) is 5.82 Å². The van der Waals surface area contributed by atoms with Gasteiger partial charge in [0.25, 0.3) is 0 Å². The highest BCUT2D eigenvalue weighted by Crippen LogP contribution is 2.14. The van der Waals surface area contributed by atoms with Crippen LogP contribution < -0.4 is 4.90 Å². The second-order valence-corrected chi connectivity index (χ2v) is 16.3. The molecule has 0 bridgehead atoms. The van der Waals surface area contributed by atoms with E-state index >= 15 is 0 Å². The number of hydrogen-bond donors (Lipinski definition) is 0. The van der Waals surface area contributed by atoms with E-state index in [0.29, 0.717) is 24.8 Å². The van der Waals surface area contributed by atoms with Gasteiger partial charge in [-0.3, -0.25) is 4.98 Å². The molecule has 0 spiro atoms. The van der Waals surface area contributed by atoms with E-state index in [1.165, 1.54) is 16.0 Å². The molecule has 7 aromatic rings. The monoisotopic (exact) mass is 1040 g/mol. The molecule has 0 aromatic carbocycles. The van der Waals surface area contributed by atoms with Crippen molar-refractivity contribution in [2.75, 3.05) is 44.4 Å². The van der Waals surface area contributed by atoms with Gasteiger partial charge >= 0.3 is 0 Å². The first-order valence-corrected chi connectivity index (χ1v) is 24.2. The molecule has 7 aromatic heterocycles. The van der Waals surface area contributed by atoms with Gasteiger partial charge in [-0.15, -0.1) is 51.0 Å². The molecule has 28 heteroatoms. The summed E-state index contributed by atoms with van der Waals surface area (Å²) in [5.74, 6) is 4.43. The molecule has 0 amide bonds. The van der Waals surface area contributed by atoms with Crippen molar-refractivity contribution in [1.29, 1.82) is 0 Å². The zero-order valence-corrected chi connectivity index (χ0v) is 44.2. The average molecular weight is 1040 g/mol. The summed E-state index contributed by atoms with van der Waals surface area (Å²) in [5.41, 5.74) is 2.14. The minimum absolute atomic E-state index is 0.0385. The Labute approximate surface area is 418 Å². The van der Waals surface area contributed by atoms with E-state index < -0.39 is 0 Å². The van der Waals surface area contributed by atoms with Crippen LogP contribution in [0, 0.1) is 48.5 Å². The maximum atomic E-state index is 5.55. The number of anilines is 1. The number of halogens is 1. The normalized spacial score (nSPS) is 13.8. The van der Waals surface area contributed by atoms with Crippen LogP contribution in [-0.2, 0) is 47.4 Å². The van der Waals surface area contributed by atoms with Crippen molar-refractivity contribution in [3.8, 4) is 0 Å². The van der Waals surface area contributed by atoms with Crippen LogP contribution in [0.5, 0.6) is 0 Å². The number of rotatable bonds is 11. The Morgan fingerprint density at radius 2 is 1.03 bits per heavy atom. The fraction of sp³-hybridized carbons (Fsp3) is 0.667. The Bertz CT molecular complexity index is 2220. The number of tetrazole rings is 5. The molecule has 0 aliphatic carbocycles. The van der Waals surface area contributed by atoms with E-state index in [0.717, 1.165) is 124 Å². The predicted octanol–water partition coefficient (Wildman–Crippen LogP) is 3.99. The van der Waals surface area contributed by atoms with E-state index in [2.05, 4.69) is 134 Å². The third-order valence-electron chi connectivity index (χ3n) is 8.84. The topological polar surface area (TPSA) is 288 Å². The zero-order chi connectivity index (χ0) is 50.9. The van der Waals surface area contributed by atoms with Gasteiger partial charge in [-0.2, -0.15) is 24.0 Å². The van der Waals surface area contributed by atoms with Gasteiger partial charge in [0.05, 0.1) is 71.1 Å². The Morgan fingerprint density at radius 3 is 1.37 bits per heavy atom. The summed E-state index contributed by atoms with van der Waals surface area (Å²) in [7, 11) is 1.74. The zero-order valence-electron chi connectivity index (χ0n) is 42.6. The highest BCUT2D eigenvalue weighted by atomic mass is 79.9. The van der Waals surface area contributed by atoms with Gasteiger partial charge in [-0.05, 0) is 141 Å². The van der Waals surface area contributed by atoms with Gasteiger partial charge in [-0.25, -0.2) is 9.97 Å². The molecule has 70 heavy (non-hydrogen) atoms. The Hall–Kier alpha value is -6.26. The fourth-order valence-corrected chi connectivity index (χ4v) is 5.81. The fourth-order valence-electron chi connectivity index (χ4n) is 5.58. The smallest absolute Gasteiger partial charge is 0.171 e. The number of aryl methyl sites for hydroxylation is 11. The van der Waals surface area contributed by atoms with Crippen molar-refractivity contribution in [3.05, 3.63) is 75.8 Å². The van der Waals surface area contributed by atoms with Crippen LogP contribution >= 0.6 is 15.9 Å². The minimum atomic E-state index is -0.0385. The van der Waals surface area contributed by atoms with Crippen molar-refractivity contribution in [3.63, 3.8) is 0 Å². The van der Waals surface area contributed by atoms with E-state index in [1.807, 2.05) is 66.1 Å². The molecule has 27 nitrogen and oxygen atoms in total. The molecular formula is C42H71BrN24O3. The molecule has 2 aliphatic rings. The van der Waals surface area contributed by atoms with Crippen LogP contribution in [0.15, 0.2) is 35.2 Å². The summed E-state index contributed by atoms with van der Waals surface area (Å²) in [4.78, 5) is 22.4.